The molecule has 0 aromatic carbocycles. The van der Waals surface area contributed by atoms with E-state index in [2.05, 4.69) is 11.8 Å². The number of esters is 1. The Morgan fingerprint density at radius 1 is 1.45 bits per heavy atom. The molecule has 0 bridgehead atoms. The van der Waals surface area contributed by atoms with Crippen LogP contribution in [0.3, 0.4) is 0 Å². The first-order valence-corrected chi connectivity index (χ1v) is 10.7. The van der Waals surface area contributed by atoms with Crippen LogP contribution in [-0.4, -0.2) is 47.7 Å². The predicted octanol–water partition coefficient (Wildman–Crippen LogP) is 3.90. The molecular formula is C23H29NO4S. The number of aliphatic hydroxyl groups excluding tert-OH is 1. The largest absolute Gasteiger partial charge is 0.465 e. The van der Waals surface area contributed by atoms with Gasteiger partial charge in [-0.3, -0.25) is 4.79 Å². The number of hydrogen-bond donors (Lipinski definition) is 1. The maximum Gasteiger partial charge on any atom is 0.348 e. The lowest BCUT2D eigenvalue weighted by molar-refractivity contribution is -0.127. The number of rotatable bonds is 8. The number of carbonyl (C=O) groups is 2. The molecule has 0 radical (unpaired) electrons. The van der Waals surface area contributed by atoms with Crippen molar-refractivity contribution < 1.29 is 19.4 Å². The normalized spacial score (nSPS) is 18.8. The van der Waals surface area contributed by atoms with E-state index in [4.69, 9.17) is 4.74 Å². The lowest BCUT2D eigenvalue weighted by atomic mass is 10.00. The van der Waals surface area contributed by atoms with Gasteiger partial charge in [0, 0.05) is 30.7 Å². The molecule has 2 heterocycles. The van der Waals surface area contributed by atoms with E-state index in [0.29, 0.717) is 24.3 Å². The summed E-state index contributed by atoms with van der Waals surface area (Å²) in [6, 6.07) is 3.58. The average Bonchev–Trinajstić information content (AvgIpc) is 3.33. The Hall–Kier alpha value is -2.36. The molecule has 1 fully saturated rings. The number of carbonyl (C=O) groups excluding carboxylic acids is 2. The number of nitrogens with zero attached hydrogens (tertiary/aromatic N) is 1. The van der Waals surface area contributed by atoms with Gasteiger partial charge < -0.3 is 14.7 Å². The van der Waals surface area contributed by atoms with Crippen molar-refractivity contribution in [3.8, 4) is 11.8 Å². The second-order valence-corrected chi connectivity index (χ2v) is 8.13. The lowest BCUT2D eigenvalue weighted by Gasteiger charge is -2.21. The van der Waals surface area contributed by atoms with Crippen LogP contribution in [0.5, 0.6) is 0 Å². The minimum Gasteiger partial charge on any atom is -0.465 e. The number of aliphatic hydroxyl groups is 1. The minimum atomic E-state index is -0.572. The van der Waals surface area contributed by atoms with E-state index < -0.39 is 6.10 Å². The van der Waals surface area contributed by atoms with Crippen molar-refractivity contribution in [1.29, 1.82) is 0 Å². The van der Waals surface area contributed by atoms with Crippen molar-refractivity contribution in [2.24, 2.45) is 5.92 Å². The molecule has 2 rings (SSSR count). The number of thiophene rings is 1. The van der Waals surface area contributed by atoms with E-state index in [1.54, 1.807) is 12.1 Å². The average molecular weight is 416 g/mol. The summed E-state index contributed by atoms with van der Waals surface area (Å²) in [5.74, 6) is 5.91. The SMILES string of the molecule is CCC#CC[C@H](C)[C@H](O)C=C[C@H]1CCC(=O)N1CC=Cc1ccc(C(=O)OC)s1. The highest BCUT2D eigenvalue weighted by Gasteiger charge is 2.28. The topological polar surface area (TPSA) is 66.8 Å². The van der Waals surface area contributed by atoms with Crippen LogP contribution in [0.2, 0.25) is 0 Å². The Kier molecular flexibility index (Phi) is 9.17. The molecule has 0 saturated carbocycles. The summed E-state index contributed by atoms with van der Waals surface area (Å²) in [4.78, 5) is 27.1. The zero-order valence-corrected chi connectivity index (χ0v) is 18.1. The lowest BCUT2D eigenvalue weighted by Crippen LogP contribution is -2.32. The van der Waals surface area contributed by atoms with Gasteiger partial charge in [0.25, 0.3) is 0 Å². The van der Waals surface area contributed by atoms with Crippen molar-refractivity contribution in [3.63, 3.8) is 0 Å². The summed E-state index contributed by atoms with van der Waals surface area (Å²) in [5.41, 5.74) is 0. The fraction of sp³-hybridized carbons (Fsp3) is 0.478. The monoisotopic (exact) mass is 415 g/mol. The summed E-state index contributed by atoms with van der Waals surface area (Å²) in [6.45, 7) is 4.47. The third-order valence-corrected chi connectivity index (χ3v) is 5.84. The number of methoxy groups -OCH3 is 1. The summed E-state index contributed by atoms with van der Waals surface area (Å²) < 4.78 is 4.71. The second-order valence-electron chi connectivity index (χ2n) is 7.01. The number of ether oxygens (including phenoxy) is 1. The van der Waals surface area contributed by atoms with Gasteiger partial charge >= 0.3 is 5.97 Å². The first-order valence-electron chi connectivity index (χ1n) is 9.92. The maximum absolute atomic E-state index is 12.2. The van der Waals surface area contributed by atoms with Crippen LogP contribution in [0.4, 0.5) is 0 Å². The summed E-state index contributed by atoms with van der Waals surface area (Å²) in [6.07, 6.45) is 9.74. The smallest absolute Gasteiger partial charge is 0.348 e. The van der Waals surface area contributed by atoms with Crippen LogP contribution in [0.15, 0.2) is 30.4 Å². The number of likely N-dealkylation sites (tertiary alicyclic amines) is 1. The van der Waals surface area contributed by atoms with Crippen LogP contribution in [0, 0.1) is 17.8 Å². The molecule has 5 nitrogen and oxygen atoms in total. The predicted molar refractivity (Wildman–Crippen MR) is 116 cm³/mol. The van der Waals surface area contributed by atoms with Crippen LogP contribution < -0.4 is 0 Å². The van der Waals surface area contributed by atoms with Crippen LogP contribution in [0.1, 0.15) is 54.1 Å². The molecular weight excluding hydrogens is 386 g/mol. The van der Waals surface area contributed by atoms with E-state index in [0.717, 1.165) is 17.7 Å². The third-order valence-electron chi connectivity index (χ3n) is 4.81. The van der Waals surface area contributed by atoms with Gasteiger partial charge in [-0.25, -0.2) is 4.79 Å². The molecule has 3 atom stereocenters. The fourth-order valence-electron chi connectivity index (χ4n) is 3.04. The molecule has 1 saturated heterocycles. The number of hydrogen-bond acceptors (Lipinski definition) is 5. The molecule has 1 N–H and O–H groups in total. The first-order chi connectivity index (χ1) is 14.0. The summed E-state index contributed by atoms with van der Waals surface area (Å²) in [5, 5.41) is 10.3. The van der Waals surface area contributed by atoms with E-state index >= 15 is 0 Å². The second kappa shape index (κ2) is 11.6. The van der Waals surface area contributed by atoms with Crippen LogP contribution >= 0.6 is 11.3 Å². The zero-order chi connectivity index (χ0) is 21.2. The molecule has 156 valence electrons. The van der Waals surface area contributed by atoms with Crippen molar-refractivity contribution in [3.05, 3.63) is 40.1 Å². The van der Waals surface area contributed by atoms with Gasteiger partial charge in [0.05, 0.1) is 19.3 Å². The molecule has 1 aromatic heterocycles. The Labute approximate surface area is 177 Å². The maximum atomic E-state index is 12.2. The summed E-state index contributed by atoms with van der Waals surface area (Å²) >= 11 is 1.35. The zero-order valence-electron chi connectivity index (χ0n) is 17.3. The molecule has 1 aliphatic rings. The Balaban J connectivity index is 1.92. The van der Waals surface area contributed by atoms with Gasteiger partial charge in [-0.1, -0.05) is 32.1 Å². The Morgan fingerprint density at radius 2 is 2.24 bits per heavy atom. The van der Waals surface area contributed by atoms with Crippen LogP contribution in [-0.2, 0) is 9.53 Å². The highest BCUT2D eigenvalue weighted by molar-refractivity contribution is 7.14. The van der Waals surface area contributed by atoms with Crippen molar-refractivity contribution in [2.45, 2.75) is 51.7 Å². The number of amides is 1. The van der Waals surface area contributed by atoms with Gasteiger partial charge in [0.2, 0.25) is 5.91 Å². The van der Waals surface area contributed by atoms with Gasteiger partial charge in [-0.2, -0.15) is 0 Å². The van der Waals surface area contributed by atoms with E-state index in [9.17, 15) is 14.7 Å². The quantitative estimate of drug-likeness (QED) is 0.397. The van der Waals surface area contributed by atoms with Gasteiger partial charge in [0.1, 0.15) is 4.88 Å². The fourth-order valence-corrected chi connectivity index (χ4v) is 3.90. The molecule has 29 heavy (non-hydrogen) atoms. The molecule has 1 aromatic rings. The molecule has 6 heteroatoms. The highest BCUT2D eigenvalue weighted by atomic mass is 32.1. The van der Waals surface area contributed by atoms with Crippen molar-refractivity contribution >= 4 is 29.3 Å². The van der Waals surface area contributed by atoms with Crippen LogP contribution in [0.25, 0.3) is 6.08 Å². The molecule has 0 aliphatic carbocycles. The minimum absolute atomic E-state index is 0.00954. The van der Waals surface area contributed by atoms with E-state index in [-0.39, 0.29) is 23.8 Å². The van der Waals surface area contributed by atoms with Gasteiger partial charge in [-0.05, 0) is 30.5 Å². The summed E-state index contributed by atoms with van der Waals surface area (Å²) in [7, 11) is 1.36. The highest BCUT2D eigenvalue weighted by Crippen LogP contribution is 2.22. The molecule has 1 amide bonds. The van der Waals surface area contributed by atoms with Gasteiger partial charge in [0.15, 0.2) is 0 Å². The molecule has 1 aliphatic heterocycles. The Bertz CT molecular complexity index is 814. The van der Waals surface area contributed by atoms with Crippen molar-refractivity contribution in [1.82, 2.24) is 4.90 Å². The molecule has 0 unspecified atom stereocenters. The first kappa shape index (κ1) is 22.9. The Morgan fingerprint density at radius 3 is 2.97 bits per heavy atom. The van der Waals surface area contributed by atoms with Gasteiger partial charge in [-0.15, -0.1) is 23.2 Å². The van der Waals surface area contributed by atoms with Crippen molar-refractivity contribution in [2.75, 3.05) is 13.7 Å². The van der Waals surface area contributed by atoms with E-state index in [1.807, 2.05) is 43.0 Å². The third kappa shape index (κ3) is 6.88. The van der Waals surface area contributed by atoms with E-state index in [1.165, 1.54) is 18.4 Å². The molecule has 0 spiro atoms. The standard InChI is InChI=1S/C23H29NO4S/c1-4-5-6-8-17(2)20(25)13-10-18-11-15-22(26)24(18)16-7-9-19-12-14-21(29-19)23(27)28-3/h7,9-10,12-14,17-18,20,25H,4,8,11,15-16H2,1-3H3/t17-,18-,20+/m0/s1.